The molecule has 0 saturated heterocycles. The van der Waals surface area contributed by atoms with Crippen LogP contribution in [0.15, 0.2) is 18.2 Å². The minimum Gasteiger partial charge on any atom is -0.508 e. The number of aliphatic carboxylic acids is 1. The molecule has 0 aliphatic heterocycles. The van der Waals surface area contributed by atoms with Crippen LogP contribution in [0.25, 0.3) is 0 Å². The van der Waals surface area contributed by atoms with Gasteiger partial charge >= 0.3 is 5.97 Å². The van der Waals surface area contributed by atoms with Gasteiger partial charge in [-0.25, -0.2) is 0 Å². The topological polar surface area (TPSA) is 81.0 Å². The Morgan fingerprint density at radius 2 is 2.17 bits per heavy atom. The first kappa shape index (κ1) is 13.9. The number of hydrogen-bond acceptors (Lipinski definition) is 4. The Kier molecular flexibility index (Phi) is 4.58. The number of terminal acetylenes is 1. The molecule has 1 unspecified atom stereocenters. The van der Waals surface area contributed by atoms with E-state index < -0.39 is 12.0 Å². The van der Waals surface area contributed by atoms with E-state index in [0.717, 1.165) is 0 Å². The van der Waals surface area contributed by atoms with Crippen LogP contribution in [0.2, 0.25) is 0 Å². The summed E-state index contributed by atoms with van der Waals surface area (Å²) in [7, 11) is 0. The highest BCUT2D eigenvalue weighted by molar-refractivity contribution is 5.69. The molecule has 0 amide bonds. The molecule has 18 heavy (non-hydrogen) atoms. The molecule has 96 valence electrons. The molecule has 5 heteroatoms. The monoisotopic (exact) mass is 249 g/mol. The first-order valence-corrected chi connectivity index (χ1v) is 5.37. The van der Waals surface area contributed by atoms with Gasteiger partial charge in [0, 0.05) is 11.6 Å². The largest absolute Gasteiger partial charge is 0.508 e. The maximum atomic E-state index is 10.8. The predicted octanol–water partition coefficient (Wildman–Crippen LogP) is 1.18. The van der Waals surface area contributed by atoms with Crippen LogP contribution in [0.3, 0.4) is 0 Å². The summed E-state index contributed by atoms with van der Waals surface area (Å²) in [5, 5.41) is 27.9. The Labute approximate surface area is 105 Å². The summed E-state index contributed by atoms with van der Waals surface area (Å²) in [6, 6.07) is 3.69. The van der Waals surface area contributed by atoms with Crippen LogP contribution >= 0.6 is 0 Å². The van der Waals surface area contributed by atoms with E-state index in [2.05, 4.69) is 5.92 Å². The van der Waals surface area contributed by atoms with Crippen LogP contribution in [0.5, 0.6) is 11.5 Å². The summed E-state index contributed by atoms with van der Waals surface area (Å²) < 4.78 is 0. The van der Waals surface area contributed by atoms with E-state index in [4.69, 9.17) is 11.5 Å². The third-order valence-electron chi connectivity index (χ3n) is 2.64. The molecule has 0 saturated carbocycles. The van der Waals surface area contributed by atoms with Crippen molar-refractivity contribution >= 4 is 5.97 Å². The highest BCUT2D eigenvalue weighted by atomic mass is 16.4. The fraction of sp³-hybridized carbons (Fsp3) is 0.308. The van der Waals surface area contributed by atoms with Crippen molar-refractivity contribution in [1.29, 1.82) is 0 Å². The molecule has 0 aliphatic carbocycles. The number of hydrogen-bond donors (Lipinski definition) is 3. The molecule has 0 radical (unpaired) electrons. The lowest BCUT2D eigenvalue weighted by atomic mass is 10.1. The molecular weight excluding hydrogens is 234 g/mol. The van der Waals surface area contributed by atoms with E-state index in [9.17, 15) is 15.0 Å². The van der Waals surface area contributed by atoms with Gasteiger partial charge in [0.25, 0.3) is 0 Å². The number of benzene rings is 1. The zero-order valence-electron chi connectivity index (χ0n) is 10.00. The van der Waals surface area contributed by atoms with Gasteiger partial charge in [0.1, 0.15) is 11.5 Å². The molecule has 0 heterocycles. The fourth-order valence-corrected chi connectivity index (χ4v) is 1.69. The van der Waals surface area contributed by atoms with Crippen molar-refractivity contribution in [2.24, 2.45) is 0 Å². The molecular formula is C13H15NO4. The van der Waals surface area contributed by atoms with Crippen LogP contribution in [0, 0.1) is 12.3 Å². The number of phenols is 2. The van der Waals surface area contributed by atoms with Crippen LogP contribution in [0.4, 0.5) is 0 Å². The van der Waals surface area contributed by atoms with Crippen molar-refractivity contribution in [2.75, 3.05) is 13.1 Å². The maximum Gasteiger partial charge on any atom is 0.317 e. The SMILES string of the molecule is C#CCN(CC(=O)O)C(C)c1cc(O)ccc1O. The van der Waals surface area contributed by atoms with Crippen molar-refractivity contribution in [1.82, 2.24) is 4.90 Å². The van der Waals surface area contributed by atoms with Gasteiger partial charge in [-0.2, -0.15) is 0 Å². The van der Waals surface area contributed by atoms with E-state index in [0.29, 0.717) is 5.56 Å². The number of rotatable bonds is 5. The molecule has 1 rings (SSSR count). The van der Waals surface area contributed by atoms with Gasteiger partial charge < -0.3 is 15.3 Å². The van der Waals surface area contributed by atoms with Gasteiger partial charge in [0.15, 0.2) is 0 Å². The second-order valence-corrected chi connectivity index (χ2v) is 3.92. The average Bonchev–Trinajstić information content (AvgIpc) is 2.30. The van der Waals surface area contributed by atoms with Gasteiger partial charge in [0.2, 0.25) is 0 Å². The predicted molar refractivity (Wildman–Crippen MR) is 66.2 cm³/mol. The number of nitrogens with zero attached hydrogens (tertiary/aromatic N) is 1. The summed E-state index contributed by atoms with van der Waals surface area (Å²) in [5.74, 6) is 1.37. The quantitative estimate of drug-likeness (QED) is 0.539. The molecule has 0 spiro atoms. The van der Waals surface area contributed by atoms with Gasteiger partial charge in [-0.05, 0) is 25.1 Å². The molecule has 0 fully saturated rings. The Bertz CT molecular complexity index is 478. The van der Waals surface area contributed by atoms with Gasteiger partial charge in [-0.3, -0.25) is 9.69 Å². The second kappa shape index (κ2) is 5.94. The van der Waals surface area contributed by atoms with Gasteiger partial charge in [-0.15, -0.1) is 6.42 Å². The normalized spacial score (nSPS) is 12.1. The first-order valence-electron chi connectivity index (χ1n) is 5.37. The number of phenolic OH excluding ortho intramolecular Hbond substituents is 2. The summed E-state index contributed by atoms with van der Waals surface area (Å²) >= 11 is 0. The zero-order valence-corrected chi connectivity index (χ0v) is 10.00. The molecule has 3 N–H and O–H groups in total. The van der Waals surface area contributed by atoms with Gasteiger partial charge in [0.05, 0.1) is 13.1 Å². The summed E-state index contributed by atoms with van der Waals surface area (Å²) in [4.78, 5) is 12.3. The Morgan fingerprint density at radius 3 is 2.72 bits per heavy atom. The first-order chi connectivity index (χ1) is 8.45. The lowest BCUT2D eigenvalue weighted by Gasteiger charge is -2.26. The highest BCUT2D eigenvalue weighted by Gasteiger charge is 2.20. The molecule has 0 aliphatic rings. The van der Waals surface area contributed by atoms with Crippen molar-refractivity contribution in [3.8, 4) is 23.8 Å². The van der Waals surface area contributed by atoms with Crippen molar-refractivity contribution in [3.05, 3.63) is 23.8 Å². The molecule has 0 aromatic heterocycles. The summed E-state index contributed by atoms with van der Waals surface area (Å²) in [5.41, 5.74) is 0.437. The van der Waals surface area contributed by atoms with E-state index in [1.54, 1.807) is 6.92 Å². The molecule has 1 aromatic rings. The number of carboxylic acid groups (broad SMARTS) is 1. The molecule has 1 aromatic carbocycles. The number of carboxylic acids is 1. The van der Waals surface area contributed by atoms with Crippen molar-refractivity contribution in [3.63, 3.8) is 0 Å². The smallest absolute Gasteiger partial charge is 0.317 e. The van der Waals surface area contributed by atoms with E-state index in [-0.39, 0.29) is 24.6 Å². The van der Waals surface area contributed by atoms with E-state index in [1.165, 1.54) is 23.1 Å². The summed E-state index contributed by atoms with van der Waals surface area (Å²) in [6.45, 7) is 1.62. The number of carbonyl (C=O) groups is 1. The third-order valence-corrected chi connectivity index (χ3v) is 2.64. The lowest BCUT2D eigenvalue weighted by Crippen LogP contribution is -2.32. The minimum absolute atomic E-state index is 0.00522. The van der Waals surface area contributed by atoms with Crippen molar-refractivity contribution < 1.29 is 20.1 Å². The summed E-state index contributed by atoms with van der Waals surface area (Å²) in [6.07, 6.45) is 5.19. The molecule has 5 nitrogen and oxygen atoms in total. The Balaban J connectivity index is 3.01. The van der Waals surface area contributed by atoms with Crippen molar-refractivity contribution in [2.45, 2.75) is 13.0 Å². The van der Waals surface area contributed by atoms with E-state index >= 15 is 0 Å². The molecule has 1 atom stereocenters. The highest BCUT2D eigenvalue weighted by Crippen LogP contribution is 2.31. The van der Waals surface area contributed by atoms with Gasteiger partial charge in [-0.1, -0.05) is 5.92 Å². The Morgan fingerprint density at radius 1 is 1.50 bits per heavy atom. The maximum absolute atomic E-state index is 10.8. The van der Waals surface area contributed by atoms with E-state index in [1.807, 2.05) is 0 Å². The third kappa shape index (κ3) is 3.40. The zero-order chi connectivity index (χ0) is 13.7. The standard InChI is InChI=1S/C13H15NO4/c1-3-6-14(8-13(17)18)9(2)11-7-10(15)4-5-12(11)16/h1,4-5,7,9,15-16H,6,8H2,2H3,(H,17,18). The van der Waals surface area contributed by atoms with Crippen LogP contribution < -0.4 is 0 Å². The fourth-order valence-electron chi connectivity index (χ4n) is 1.69. The van der Waals surface area contributed by atoms with Crippen LogP contribution in [-0.4, -0.2) is 39.3 Å². The van der Waals surface area contributed by atoms with Crippen LogP contribution in [-0.2, 0) is 4.79 Å². The Hall–Kier alpha value is -2.19. The minimum atomic E-state index is -1.00. The average molecular weight is 249 g/mol. The number of aromatic hydroxyl groups is 2. The van der Waals surface area contributed by atoms with Crippen LogP contribution in [0.1, 0.15) is 18.5 Å². The second-order valence-electron chi connectivity index (χ2n) is 3.92. The lowest BCUT2D eigenvalue weighted by molar-refractivity contribution is -0.138. The molecule has 0 bridgehead atoms.